The van der Waals surface area contributed by atoms with Crippen LogP contribution in [0.1, 0.15) is 15.9 Å². The van der Waals surface area contributed by atoms with Gasteiger partial charge in [-0.2, -0.15) is 0 Å². The number of carboxylic acids is 1. The number of rotatable bonds is 8. The van der Waals surface area contributed by atoms with Gasteiger partial charge in [0.1, 0.15) is 0 Å². The maximum Gasteiger partial charge on any atom is 0.336 e. The Morgan fingerprint density at radius 2 is 1.27 bits per heavy atom. The van der Waals surface area contributed by atoms with Crippen LogP contribution in [0.5, 0.6) is 0 Å². The van der Waals surface area contributed by atoms with Crippen molar-refractivity contribution in [2.75, 3.05) is 4.31 Å². The molecule has 1 N–H and O–H groups in total. The molecule has 0 aliphatic carbocycles. The van der Waals surface area contributed by atoms with Gasteiger partial charge in [0.2, 0.25) is 0 Å². The van der Waals surface area contributed by atoms with E-state index in [4.69, 9.17) is 0 Å². The fourth-order valence-electron chi connectivity index (χ4n) is 3.36. The summed E-state index contributed by atoms with van der Waals surface area (Å²) in [5.41, 5.74) is 1.93. The first-order valence-corrected chi connectivity index (χ1v) is 12.6. The third-order valence-corrected chi connectivity index (χ3v) is 7.83. The molecule has 0 saturated heterocycles. The highest BCUT2D eigenvalue weighted by Crippen LogP contribution is 2.34. The summed E-state index contributed by atoms with van der Waals surface area (Å²) in [7, 11) is -4.09. The van der Waals surface area contributed by atoms with Gasteiger partial charge in [-0.05, 0) is 48.0 Å². The quantitative estimate of drug-likeness (QED) is 0.307. The summed E-state index contributed by atoms with van der Waals surface area (Å²) >= 11 is 1.36. The lowest BCUT2D eigenvalue weighted by Crippen LogP contribution is -2.26. The summed E-state index contributed by atoms with van der Waals surface area (Å²) in [6.07, 6.45) is 0. The van der Waals surface area contributed by atoms with Crippen LogP contribution in [0.2, 0.25) is 0 Å². The first kappa shape index (κ1) is 22.6. The average molecular weight is 476 g/mol. The lowest BCUT2D eigenvalue weighted by atomic mass is 10.2. The van der Waals surface area contributed by atoms with Crippen molar-refractivity contribution in [1.29, 1.82) is 0 Å². The molecule has 4 aromatic carbocycles. The van der Waals surface area contributed by atoms with Crippen LogP contribution in [0.25, 0.3) is 0 Å². The van der Waals surface area contributed by atoms with Crippen LogP contribution < -0.4 is 4.31 Å². The number of carboxylic acid groups (broad SMARTS) is 1. The molecule has 166 valence electrons. The van der Waals surface area contributed by atoms with E-state index in [1.165, 1.54) is 28.2 Å². The molecule has 7 heteroatoms. The number of para-hydroxylation sites is 2. The van der Waals surface area contributed by atoms with Crippen LogP contribution in [0.15, 0.2) is 119 Å². The minimum Gasteiger partial charge on any atom is -0.478 e. The smallest absolute Gasteiger partial charge is 0.336 e. The van der Waals surface area contributed by atoms with Gasteiger partial charge in [-0.3, -0.25) is 0 Å². The number of hydrogen-bond donors (Lipinski definition) is 1. The molecule has 0 aliphatic heterocycles. The van der Waals surface area contributed by atoms with Gasteiger partial charge >= 0.3 is 5.97 Å². The maximum absolute atomic E-state index is 13.7. The molecule has 0 bridgehead atoms. The SMILES string of the molecule is O=C(O)c1cc(S(=O)(=O)N(c2ccccc2)c2ccccc2)ccc1SCc1ccccc1. The molecule has 5 nitrogen and oxygen atoms in total. The predicted molar refractivity (Wildman–Crippen MR) is 132 cm³/mol. The molecule has 0 aliphatic rings. The van der Waals surface area contributed by atoms with Gasteiger partial charge in [0, 0.05) is 10.6 Å². The molecule has 0 spiro atoms. The van der Waals surface area contributed by atoms with Gasteiger partial charge < -0.3 is 5.11 Å². The average Bonchev–Trinajstić information content (AvgIpc) is 2.84. The first-order valence-electron chi connectivity index (χ1n) is 10.2. The van der Waals surface area contributed by atoms with E-state index in [0.717, 1.165) is 5.56 Å². The van der Waals surface area contributed by atoms with Crippen LogP contribution >= 0.6 is 11.8 Å². The van der Waals surface area contributed by atoms with Crippen LogP contribution in [0, 0.1) is 0 Å². The minimum absolute atomic E-state index is 0.0434. The predicted octanol–water partition coefficient (Wildman–Crippen LogP) is 6.20. The number of benzene rings is 4. The monoisotopic (exact) mass is 475 g/mol. The Morgan fingerprint density at radius 3 is 1.79 bits per heavy atom. The van der Waals surface area contributed by atoms with Gasteiger partial charge in [-0.25, -0.2) is 17.5 Å². The molecular formula is C26H21NO4S2. The molecule has 0 saturated carbocycles. The summed E-state index contributed by atoms with van der Waals surface area (Å²) in [6, 6.07) is 31.4. The number of sulfonamides is 1. The van der Waals surface area contributed by atoms with Gasteiger partial charge in [-0.1, -0.05) is 66.7 Å². The lowest BCUT2D eigenvalue weighted by molar-refractivity contribution is 0.0693. The summed E-state index contributed by atoms with van der Waals surface area (Å²) in [4.78, 5) is 12.4. The summed E-state index contributed by atoms with van der Waals surface area (Å²) in [5.74, 6) is -0.596. The van der Waals surface area contributed by atoms with Crippen molar-refractivity contribution in [2.45, 2.75) is 15.5 Å². The third kappa shape index (κ3) is 5.10. The van der Waals surface area contributed by atoms with Crippen LogP contribution in [0.3, 0.4) is 0 Å². The Balaban J connectivity index is 1.74. The number of anilines is 2. The number of carbonyl (C=O) groups is 1. The highest BCUT2D eigenvalue weighted by atomic mass is 32.2. The number of nitrogens with zero attached hydrogens (tertiary/aromatic N) is 1. The molecule has 0 atom stereocenters. The minimum atomic E-state index is -4.09. The highest BCUT2D eigenvalue weighted by molar-refractivity contribution is 7.98. The van der Waals surface area contributed by atoms with Crippen molar-refractivity contribution in [2.24, 2.45) is 0 Å². The Hall–Kier alpha value is -3.55. The summed E-state index contributed by atoms with van der Waals surface area (Å²) in [6.45, 7) is 0. The van der Waals surface area contributed by atoms with Crippen LogP contribution in [-0.2, 0) is 15.8 Å². The summed E-state index contributed by atoms with van der Waals surface area (Å²) < 4.78 is 28.7. The van der Waals surface area contributed by atoms with E-state index < -0.39 is 16.0 Å². The van der Waals surface area contributed by atoms with E-state index in [9.17, 15) is 18.3 Å². The van der Waals surface area contributed by atoms with E-state index in [1.807, 2.05) is 30.3 Å². The molecule has 0 aromatic heterocycles. The largest absolute Gasteiger partial charge is 0.478 e. The second-order valence-corrected chi connectivity index (χ2v) is 9.98. The van der Waals surface area contributed by atoms with Crippen molar-refractivity contribution in [3.63, 3.8) is 0 Å². The number of aromatic carboxylic acids is 1. The molecule has 0 unspecified atom stereocenters. The third-order valence-electron chi connectivity index (χ3n) is 4.94. The van der Waals surface area contributed by atoms with E-state index in [0.29, 0.717) is 22.0 Å². The second kappa shape index (κ2) is 9.94. The topological polar surface area (TPSA) is 74.7 Å². The fourth-order valence-corrected chi connectivity index (χ4v) is 5.85. The standard InChI is InChI=1S/C26H21NO4S2/c28-26(29)24-18-23(16-17-25(24)32-19-20-10-4-1-5-11-20)33(30,31)27(21-12-6-2-7-13-21)22-14-8-3-9-15-22/h1-18H,19H2,(H,28,29). The van der Waals surface area contributed by atoms with E-state index in [1.54, 1.807) is 66.7 Å². The van der Waals surface area contributed by atoms with Gasteiger partial charge in [0.05, 0.1) is 21.8 Å². The zero-order valence-electron chi connectivity index (χ0n) is 17.5. The molecule has 0 amide bonds. The zero-order valence-corrected chi connectivity index (χ0v) is 19.2. The Kier molecular flexibility index (Phi) is 6.82. The highest BCUT2D eigenvalue weighted by Gasteiger charge is 2.28. The second-order valence-electron chi connectivity index (χ2n) is 7.18. The molecule has 0 radical (unpaired) electrons. The Labute approximate surface area is 197 Å². The van der Waals surface area contributed by atoms with Gasteiger partial charge in [-0.15, -0.1) is 11.8 Å². The van der Waals surface area contributed by atoms with Crippen molar-refractivity contribution in [3.05, 3.63) is 120 Å². The van der Waals surface area contributed by atoms with Gasteiger partial charge in [0.15, 0.2) is 0 Å². The van der Waals surface area contributed by atoms with Crippen molar-refractivity contribution in [3.8, 4) is 0 Å². The van der Waals surface area contributed by atoms with Crippen LogP contribution in [-0.4, -0.2) is 19.5 Å². The first-order chi connectivity index (χ1) is 16.0. The molecule has 4 rings (SSSR count). The normalized spacial score (nSPS) is 11.2. The molecule has 33 heavy (non-hydrogen) atoms. The number of thioether (sulfide) groups is 1. The zero-order chi connectivity index (χ0) is 23.3. The van der Waals surface area contributed by atoms with Crippen molar-refractivity contribution < 1.29 is 18.3 Å². The van der Waals surface area contributed by atoms with Gasteiger partial charge in [0.25, 0.3) is 10.0 Å². The molecular weight excluding hydrogens is 454 g/mol. The van der Waals surface area contributed by atoms with Crippen molar-refractivity contribution >= 4 is 39.1 Å². The number of hydrogen-bond acceptors (Lipinski definition) is 4. The van der Waals surface area contributed by atoms with E-state index >= 15 is 0 Å². The maximum atomic E-state index is 13.7. The Bertz CT molecular complexity index is 1300. The van der Waals surface area contributed by atoms with Crippen LogP contribution in [0.4, 0.5) is 11.4 Å². The Morgan fingerprint density at radius 1 is 0.758 bits per heavy atom. The molecule has 4 aromatic rings. The van der Waals surface area contributed by atoms with E-state index in [2.05, 4.69) is 0 Å². The molecule has 0 fully saturated rings. The lowest BCUT2D eigenvalue weighted by Gasteiger charge is -2.25. The van der Waals surface area contributed by atoms with E-state index in [-0.39, 0.29) is 10.5 Å². The summed E-state index contributed by atoms with van der Waals surface area (Å²) in [5, 5.41) is 9.80. The molecule has 0 heterocycles. The fraction of sp³-hybridized carbons (Fsp3) is 0.0385. The van der Waals surface area contributed by atoms with Crippen molar-refractivity contribution in [1.82, 2.24) is 0 Å².